The summed E-state index contributed by atoms with van der Waals surface area (Å²) < 4.78 is 40.5. The molecule has 2 unspecified atom stereocenters. The van der Waals surface area contributed by atoms with Crippen molar-refractivity contribution in [2.45, 2.75) is 37.9 Å². The fraction of sp³-hybridized carbons (Fsp3) is 0.381. The first kappa shape index (κ1) is 21.4. The van der Waals surface area contributed by atoms with Gasteiger partial charge in [0.25, 0.3) is 0 Å². The van der Waals surface area contributed by atoms with Crippen LogP contribution in [0.15, 0.2) is 48.1 Å². The van der Waals surface area contributed by atoms with Crippen LogP contribution < -0.4 is 5.32 Å². The molecule has 0 aliphatic carbocycles. The first-order chi connectivity index (χ1) is 14.8. The van der Waals surface area contributed by atoms with Gasteiger partial charge in [0.05, 0.1) is 11.0 Å². The van der Waals surface area contributed by atoms with Crippen LogP contribution in [0.2, 0.25) is 0 Å². The molecule has 2 amide bonds. The van der Waals surface area contributed by atoms with Crippen molar-refractivity contribution < 1.29 is 18.0 Å². The summed E-state index contributed by atoms with van der Waals surface area (Å²) in [7, 11) is 0. The summed E-state index contributed by atoms with van der Waals surface area (Å²) >= 11 is 1.01. The molecule has 0 saturated carbocycles. The maximum absolute atomic E-state index is 12.9. The van der Waals surface area contributed by atoms with Crippen LogP contribution in [0.3, 0.4) is 0 Å². The van der Waals surface area contributed by atoms with E-state index in [1.54, 1.807) is 11.1 Å². The molecule has 1 fully saturated rings. The molecule has 31 heavy (non-hydrogen) atoms. The predicted molar refractivity (Wildman–Crippen MR) is 111 cm³/mol. The van der Waals surface area contributed by atoms with Gasteiger partial charge in [-0.15, -0.1) is 11.3 Å². The largest absolute Gasteiger partial charge is 0.434 e. The average Bonchev–Trinajstić information content (AvgIpc) is 3.44. The van der Waals surface area contributed by atoms with Crippen LogP contribution >= 0.6 is 11.3 Å². The normalized spacial score (nSPS) is 18.1. The molecule has 3 aromatic rings. The molecule has 1 aliphatic heterocycles. The highest BCUT2D eigenvalue weighted by atomic mass is 32.1. The number of imidazole rings is 1. The van der Waals surface area contributed by atoms with Crippen molar-refractivity contribution in [3.63, 3.8) is 0 Å². The van der Waals surface area contributed by atoms with Gasteiger partial charge in [-0.1, -0.05) is 18.2 Å². The molecule has 1 aromatic carbocycles. The Balaban J connectivity index is 1.42. The molecular formula is C21H22F3N5OS. The van der Waals surface area contributed by atoms with E-state index in [1.807, 2.05) is 48.0 Å². The number of urea groups is 1. The summed E-state index contributed by atoms with van der Waals surface area (Å²) in [5.74, 6) is 0.505. The van der Waals surface area contributed by atoms with Gasteiger partial charge in [0.1, 0.15) is 5.82 Å². The van der Waals surface area contributed by atoms with Crippen molar-refractivity contribution in [2.75, 3.05) is 13.1 Å². The molecule has 4 rings (SSSR count). The van der Waals surface area contributed by atoms with E-state index < -0.39 is 11.9 Å². The number of likely N-dealkylation sites (tertiary alicyclic amines) is 1. The Hall–Kier alpha value is -2.88. The lowest BCUT2D eigenvalue weighted by Gasteiger charge is -2.32. The van der Waals surface area contributed by atoms with E-state index in [1.165, 1.54) is 0 Å². The molecule has 2 atom stereocenters. The van der Waals surface area contributed by atoms with Crippen molar-refractivity contribution in [1.82, 2.24) is 24.8 Å². The smallest absolute Gasteiger partial charge is 0.328 e. The topological polar surface area (TPSA) is 63.1 Å². The number of halogens is 3. The zero-order valence-electron chi connectivity index (χ0n) is 16.8. The van der Waals surface area contributed by atoms with Gasteiger partial charge in [-0.25, -0.2) is 14.8 Å². The maximum Gasteiger partial charge on any atom is 0.434 e. The van der Waals surface area contributed by atoms with Crippen molar-refractivity contribution >= 4 is 17.4 Å². The zero-order chi connectivity index (χ0) is 22.0. The standard InChI is InChI=1S/C21H22F3N5OS/c1-14(18-25-9-11-29(18)16-7-3-2-4-8-16)26-20(30)28-10-5-6-15(12-28)19-27-17(13-31-19)21(22,23)24/h2-4,7-9,11,13-15H,5-6,10,12H2,1H3,(H,26,30). The Morgan fingerprint density at radius 3 is 2.77 bits per heavy atom. The van der Waals surface area contributed by atoms with Crippen LogP contribution in [0.4, 0.5) is 18.0 Å². The lowest BCUT2D eigenvalue weighted by atomic mass is 9.99. The number of alkyl halides is 3. The van der Waals surface area contributed by atoms with Crippen LogP contribution in [0.1, 0.15) is 48.3 Å². The second-order valence-corrected chi connectivity index (χ2v) is 8.41. The highest BCUT2D eigenvalue weighted by Crippen LogP contribution is 2.35. The van der Waals surface area contributed by atoms with Crippen LogP contribution in [-0.2, 0) is 6.18 Å². The molecule has 6 nitrogen and oxygen atoms in total. The molecule has 1 saturated heterocycles. The quantitative estimate of drug-likeness (QED) is 0.610. The Kier molecular flexibility index (Phi) is 5.99. The average molecular weight is 450 g/mol. The number of carbonyl (C=O) groups is 1. The fourth-order valence-electron chi connectivity index (χ4n) is 3.75. The van der Waals surface area contributed by atoms with E-state index in [9.17, 15) is 18.0 Å². The molecule has 0 radical (unpaired) electrons. The van der Waals surface area contributed by atoms with E-state index >= 15 is 0 Å². The first-order valence-corrected chi connectivity index (χ1v) is 10.9. The van der Waals surface area contributed by atoms with Crippen molar-refractivity contribution in [1.29, 1.82) is 0 Å². The minimum absolute atomic E-state index is 0.192. The molecule has 2 aromatic heterocycles. The second-order valence-electron chi connectivity index (χ2n) is 7.52. The van der Waals surface area contributed by atoms with Crippen LogP contribution in [-0.4, -0.2) is 38.6 Å². The minimum Gasteiger partial charge on any atom is -0.328 e. The number of benzene rings is 1. The third-order valence-corrected chi connectivity index (χ3v) is 6.31. The van der Waals surface area contributed by atoms with Crippen LogP contribution in [0.25, 0.3) is 5.69 Å². The highest BCUT2D eigenvalue weighted by Gasteiger charge is 2.35. The first-order valence-electron chi connectivity index (χ1n) is 9.99. The Labute approximate surface area is 181 Å². The molecule has 1 N–H and O–H groups in total. The summed E-state index contributed by atoms with van der Waals surface area (Å²) in [6, 6.07) is 9.10. The van der Waals surface area contributed by atoms with Crippen molar-refractivity contribution in [3.05, 3.63) is 64.6 Å². The number of amides is 2. The summed E-state index contributed by atoms with van der Waals surface area (Å²) in [6.45, 7) is 2.76. The minimum atomic E-state index is -4.45. The molecule has 10 heteroatoms. The van der Waals surface area contributed by atoms with Crippen molar-refractivity contribution in [3.8, 4) is 5.69 Å². The van der Waals surface area contributed by atoms with Gasteiger partial charge in [-0.3, -0.25) is 0 Å². The van der Waals surface area contributed by atoms with E-state index in [2.05, 4.69) is 15.3 Å². The van der Waals surface area contributed by atoms with Gasteiger partial charge in [0, 0.05) is 42.5 Å². The number of nitrogens with zero attached hydrogens (tertiary/aromatic N) is 4. The lowest BCUT2D eigenvalue weighted by molar-refractivity contribution is -0.140. The SMILES string of the molecule is CC(NC(=O)N1CCCC(c2nc(C(F)(F)F)cs2)C1)c1nccn1-c1ccccc1. The number of thiazole rings is 1. The Morgan fingerprint density at radius 1 is 1.29 bits per heavy atom. The van der Waals surface area contributed by atoms with E-state index in [-0.39, 0.29) is 18.0 Å². The monoisotopic (exact) mass is 449 g/mol. The molecule has 1 aliphatic rings. The summed E-state index contributed by atoms with van der Waals surface area (Å²) in [5, 5.41) is 4.44. The number of rotatable bonds is 4. The van der Waals surface area contributed by atoms with Crippen LogP contribution in [0, 0.1) is 0 Å². The number of piperidine rings is 1. The van der Waals surface area contributed by atoms with Gasteiger partial charge >= 0.3 is 12.2 Å². The highest BCUT2D eigenvalue weighted by molar-refractivity contribution is 7.09. The molecule has 164 valence electrons. The molecule has 0 bridgehead atoms. The summed E-state index contributed by atoms with van der Waals surface area (Å²) in [5.41, 5.74) is 0.0776. The fourth-order valence-corrected chi connectivity index (χ4v) is 4.71. The molecule has 3 heterocycles. The summed E-state index contributed by atoms with van der Waals surface area (Å²) in [4.78, 5) is 22.7. The third-order valence-electron chi connectivity index (χ3n) is 5.30. The summed E-state index contributed by atoms with van der Waals surface area (Å²) in [6.07, 6.45) is 0.499. The van der Waals surface area contributed by atoms with Crippen molar-refractivity contribution in [2.24, 2.45) is 0 Å². The van der Waals surface area contributed by atoms with Gasteiger partial charge in [0.2, 0.25) is 0 Å². The Bertz CT molecular complexity index is 1030. The van der Waals surface area contributed by atoms with Gasteiger partial charge in [-0.05, 0) is 31.9 Å². The number of nitrogens with one attached hydrogen (secondary N) is 1. The Morgan fingerprint density at radius 2 is 2.06 bits per heavy atom. The molecule has 0 spiro atoms. The van der Waals surface area contributed by atoms with Gasteiger partial charge in [0.15, 0.2) is 5.69 Å². The van der Waals surface area contributed by atoms with E-state index in [0.29, 0.717) is 36.8 Å². The number of carbonyl (C=O) groups excluding carboxylic acids is 1. The number of hydrogen-bond donors (Lipinski definition) is 1. The maximum atomic E-state index is 12.9. The predicted octanol–water partition coefficient (Wildman–Crippen LogP) is 5.00. The number of hydrogen-bond acceptors (Lipinski definition) is 4. The van der Waals surface area contributed by atoms with Crippen LogP contribution in [0.5, 0.6) is 0 Å². The third kappa shape index (κ3) is 4.73. The second kappa shape index (κ2) is 8.70. The number of para-hydroxylation sites is 1. The van der Waals surface area contributed by atoms with Gasteiger partial charge < -0.3 is 14.8 Å². The van der Waals surface area contributed by atoms with Gasteiger partial charge in [-0.2, -0.15) is 13.2 Å². The van der Waals surface area contributed by atoms with E-state index in [4.69, 9.17) is 0 Å². The molecular weight excluding hydrogens is 427 g/mol. The lowest BCUT2D eigenvalue weighted by Crippen LogP contribution is -2.46. The zero-order valence-corrected chi connectivity index (χ0v) is 17.7. The number of aromatic nitrogens is 3. The van der Waals surface area contributed by atoms with E-state index in [0.717, 1.165) is 22.4 Å².